The largest absolute Gasteiger partial charge is 0.604 e. The van der Waals surface area contributed by atoms with E-state index in [-0.39, 0.29) is 22.9 Å². The molecule has 2 aliphatic rings. The van der Waals surface area contributed by atoms with Gasteiger partial charge in [0.25, 0.3) is 5.91 Å². The number of carbonyl (C=O) groups excluding carboxylic acids is 4. The third-order valence-corrected chi connectivity index (χ3v) is 9.94. The number of amides is 3. The van der Waals surface area contributed by atoms with Gasteiger partial charge in [-0.05, 0) is 29.2 Å². The van der Waals surface area contributed by atoms with E-state index in [1.165, 1.54) is 6.92 Å². The molecule has 0 spiro atoms. The molecule has 13 heteroatoms. The van der Waals surface area contributed by atoms with E-state index in [1.807, 2.05) is 18.2 Å². The Labute approximate surface area is 290 Å². The molecule has 4 aromatic rings. The van der Waals surface area contributed by atoms with Crippen LogP contribution < -0.4 is 10.6 Å². The number of fused-ring (bicyclic) bond motifs is 1. The minimum Gasteiger partial charge on any atom is -0.604 e. The first-order chi connectivity index (χ1) is 24.3. The number of alkyl carbamates (subject to hydrolysis) is 1. The normalized spacial score (nSPS) is 18.7. The smallest absolute Gasteiger partial charge is 0.490 e. The lowest BCUT2D eigenvalue weighted by molar-refractivity contribution is -0.155. The Morgan fingerprint density at radius 2 is 1.38 bits per heavy atom. The van der Waals surface area contributed by atoms with Crippen LogP contribution in [0.1, 0.15) is 41.3 Å². The molecular weight excluding hydrogens is 659 g/mol. The number of nitrogens with one attached hydrogen (secondary N) is 2. The van der Waals surface area contributed by atoms with E-state index in [9.17, 15) is 29.3 Å². The van der Waals surface area contributed by atoms with Crippen LogP contribution in [0.15, 0.2) is 133 Å². The van der Waals surface area contributed by atoms with Crippen LogP contribution in [0.2, 0.25) is 0 Å². The zero-order valence-electron chi connectivity index (χ0n) is 26.7. The van der Waals surface area contributed by atoms with Gasteiger partial charge >= 0.3 is 17.1 Å². The molecule has 1 fully saturated rings. The summed E-state index contributed by atoms with van der Waals surface area (Å²) < 4.78 is 25.0. The second-order valence-electron chi connectivity index (χ2n) is 11.4. The molecule has 0 bridgehead atoms. The minimum atomic E-state index is -2.17. The first-order valence-corrected chi connectivity index (χ1v) is 16.8. The Morgan fingerprint density at radius 1 is 0.860 bits per heavy atom. The van der Waals surface area contributed by atoms with Crippen LogP contribution in [0.25, 0.3) is 5.53 Å². The summed E-state index contributed by atoms with van der Waals surface area (Å²) in [5.74, 6) is -2.46. The lowest BCUT2D eigenvalue weighted by atomic mass is 10.00. The fraction of sp³-hybridized carbons (Fsp3) is 0.162. The van der Waals surface area contributed by atoms with Crippen LogP contribution in [-0.4, -0.2) is 54.6 Å². The second kappa shape index (κ2) is 15.0. The van der Waals surface area contributed by atoms with E-state index in [0.29, 0.717) is 16.7 Å². The first-order valence-electron chi connectivity index (χ1n) is 15.6. The zero-order valence-corrected chi connectivity index (χ0v) is 27.5. The average Bonchev–Trinajstić information content (AvgIpc) is 3.15. The van der Waals surface area contributed by atoms with Crippen LogP contribution in [0.3, 0.4) is 0 Å². The molecule has 0 aliphatic carbocycles. The third kappa shape index (κ3) is 6.92. The van der Waals surface area contributed by atoms with Crippen molar-refractivity contribution < 1.29 is 38.0 Å². The number of hydrogen-bond donors (Lipinski definition) is 2. The molecular formula is C37H31N5O7S. The van der Waals surface area contributed by atoms with Crippen molar-refractivity contribution in [2.24, 2.45) is 0 Å². The maximum absolute atomic E-state index is 13.9. The Bertz CT molecular complexity index is 1930. The van der Waals surface area contributed by atoms with Crippen molar-refractivity contribution in [2.45, 2.75) is 37.1 Å². The fourth-order valence-electron chi connectivity index (χ4n) is 5.78. The summed E-state index contributed by atoms with van der Waals surface area (Å²) in [6.07, 6.45) is -1.75. The number of rotatable bonds is 10. The molecule has 2 N–H and O–H groups in total. The van der Waals surface area contributed by atoms with Crippen molar-refractivity contribution in [3.63, 3.8) is 0 Å². The SMILES string of the molecule is CC1=C(C(=O)OC(c2ccccc2)c2ccccc2)N2C(=O)C(NC(=O)C(NC(=O)OCc3ccccc3)c3ccccc3)[C@H]2[S+]([O-])C1=[N+]=[N-]. The average molecular weight is 690 g/mol. The van der Waals surface area contributed by atoms with Gasteiger partial charge in [-0.15, -0.1) is 4.79 Å². The van der Waals surface area contributed by atoms with E-state index in [4.69, 9.17) is 9.47 Å². The number of β-lactam (4-membered cyclic amide) rings is 1. The van der Waals surface area contributed by atoms with Crippen LogP contribution in [0.5, 0.6) is 0 Å². The summed E-state index contributed by atoms with van der Waals surface area (Å²) in [5.41, 5.74) is 12.0. The Kier molecular flexibility index (Phi) is 10.2. The highest BCUT2D eigenvalue weighted by Crippen LogP contribution is 2.39. The van der Waals surface area contributed by atoms with Crippen LogP contribution in [0.4, 0.5) is 4.79 Å². The molecule has 4 aromatic carbocycles. The Hall–Kier alpha value is -6.01. The van der Waals surface area contributed by atoms with E-state index in [1.54, 1.807) is 103 Å². The number of esters is 1. The maximum atomic E-state index is 13.9. The Morgan fingerprint density at radius 3 is 1.92 bits per heavy atom. The van der Waals surface area contributed by atoms with Crippen LogP contribution >= 0.6 is 0 Å². The van der Waals surface area contributed by atoms with Gasteiger partial charge in [0.05, 0.1) is 11.2 Å². The number of benzene rings is 4. The summed E-state index contributed by atoms with van der Waals surface area (Å²) in [6.45, 7) is 1.35. The fourth-order valence-corrected chi connectivity index (χ4v) is 7.32. The highest BCUT2D eigenvalue weighted by Gasteiger charge is 2.65. The van der Waals surface area contributed by atoms with Gasteiger partial charge in [0.15, 0.2) is 12.1 Å². The molecule has 3 amide bonds. The topological polar surface area (TPSA) is 174 Å². The van der Waals surface area contributed by atoms with Crippen molar-refractivity contribution in [1.82, 2.24) is 15.5 Å². The lowest BCUT2D eigenvalue weighted by Gasteiger charge is -2.47. The van der Waals surface area contributed by atoms with E-state index < -0.39 is 58.6 Å². The van der Waals surface area contributed by atoms with E-state index >= 15 is 0 Å². The van der Waals surface area contributed by atoms with Gasteiger partial charge in [0.2, 0.25) is 11.3 Å². The lowest BCUT2D eigenvalue weighted by Crippen LogP contribution is -2.75. The van der Waals surface area contributed by atoms with Crippen molar-refractivity contribution in [3.8, 4) is 0 Å². The van der Waals surface area contributed by atoms with Gasteiger partial charge in [0.1, 0.15) is 23.9 Å². The highest BCUT2D eigenvalue weighted by molar-refractivity contribution is 8.07. The van der Waals surface area contributed by atoms with Gasteiger partial charge in [-0.2, -0.15) is 0 Å². The maximum Gasteiger partial charge on any atom is 0.490 e. The summed E-state index contributed by atoms with van der Waals surface area (Å²) in [5, 5.41) is 3.47. The summed E-state index contributed by atoms with van der Waals surface area (Å²) in [7, 11) is 0. The molecule has 0 saturated carbocycles. The quantitative estimate of drug-likeness (QED) is 0.0821. The third-order valence-electron chi connectivity index (χ3n) is 8.25. The molecule has 0 radical (unpaired) electrons. The van der Waals surface area contributed by atoms with Crippen LogP contribution in [-0.2, 0) is 41.6 Å². The van der Waals surface area contributed by atoms with Crippen molar-refractivity contribution in [1.29, 1.82) is 0 Å². The molecule has 4 atom stereocenters. The molecule has 2 aliphatic heterocycles. The summed E-state index contributed by atoms with van der Waals surface area (Å²) >= 11 is -2.17. The zero-order chi connectivity index (χ0) is 35.2. The molecule has 3 unspecified atom stereocenters. The van der Waals surface area contributed by atoms with Crippen LogP contribution in [0, 0.1) is 0 Å². The number of nitrogens with zero attached hydrogens (tertiary/aromatic N) is 3. The molecule has 12 nitrogen and oxygen atoms in total. The number of hydrogen-bond acceptors (Lipinski definition) is 7. The molecule has 6 rings (SSSR count). The van der Waals surface area contributed by atoms with Gasteiger partial charge in [-0.3, -0.25) is 14.5 Å². The van der Waals surface area contributed by atoms with Gasteiger partial charge in [-0.25, -0.2) is 9.59 Å². The summed E-state index contributed by atoms with van der Waals surface area (Å²) in [6, 6.07) is 32.6. The molecule has 1 saturated heterocycles. The van der Waals surface area contributed by atoms with E-state index in [2.05, 4.69) is 15.4 Å². The molecule has 50 heavy (non-hydrogen) atoms. The van der Waals surface area contributed by atoms with E-state index in [0.717, 1.165) is 10.5 Å². The second-order valence-corrected chi connectivity index (χ2v) is 12.9. The highest BCUT2D eigenvalue weighted by atomic mass is 32.2. The summed E-state index contributed by atoms with van der Waals surface area (Å²) in [4.78, 5) is 58.4. The monoisotopic (exact) mass is 689 g/mol. The van der Waals surface area contributed by atoms with Gasteiger partial charge in [-0.1, -0.05) is 121 Å². The molecule has 0 aromatic heterocycles. The number of carbonyl (C=O) groups is 4. The van der Waals surface area contributed by atoms with Crippen molar-refractivity contribution in [3.05, 3.63) is 160 Å². The standard InChI is InChI=1S/C37H31N5O7S/c1-23-30(36(45)49-31(26-18-10-4-11-19-26)27-20-12-5-13-21-27)42-34(44)29(35(42)50(47)33(23)41-38)39-32(43)28(25-16-8-3-9-17-25)40-37(46)48-22-24-14-6-2-7-15-24/h2-21,28-29,31,35H,22H2,1H3,(H,39,43)(H,40,46)/t28?,29?,35-,50?/m1/s1. The predicted molar refractivity (Wildman–Crippen MR) is 182 cm³/mol. The molecule has 2 heterocycles. The first kappa shape index (κ1) is 33.9. The van der Waals surface area contributed by atoms with Gasteiger partial charge < -0.3 is 30.2 Å². The molecule has 252 valence electrons. The van der Waals surface area contributed by atoms with Crippen molar-refractivity contribution in [2.75, 3.05) is 0 Å². The number of ether oxygens (including phenoxy) is 2. The minimum absolute atomic E-state index is 0.0185. The Balaban J connectivity index is 1.23. The van der Waals surface area contributed by atoms with Crippen molar-refractivity contribution >= 4 is 40.1 Å². The van der Waals surface area contributed by atoms with Gasteiger partial charge in [0, 0.05) is 0 Å². The predicted octanol–water partition coefficient (Wildman–Crippen LogP) is 4.30.